The smallest absolute Gasteiger partial charge is 0.388 e. The van der Waals surface area contributed by atoms with Gasteiger partial charge in [0, 0.05) is 18.7 Å². The molecule has 2 atom stereocenters. The molecule has 112 valence electrons. The summed E-state index contributed by atoms with van der Waals surface area (Å²) in [4.78, 5) is 14.1. The van der Waals surface area contributed by atoms with Gasteiger partial charge in [0.15, 0.2) is 0 Å². The van der Waals surface area contributed by atoms with Crippen molar-refractivity contribution >= 4 is 0 Å². The Hall–Kier alpha value is -1.92. The largest absolute Gasteiger partial charge is 0.438 e. The second-order valence-corrected chi connectivity index (χ2v) is 5.47. The molecule has 2 unspecified atom stereocenters. The zero-order chi connectivity index (χ0) is 14.8. The van der Waals surface area contributed by atoms with Crippen molar-refractivity contribution in [1.82, 2.24) is 14.7 Å². The minimum Gasteiger partial charge on any atom is -0.388 e. The van der Waals surface area contributed by atoms with Crippen molar-refractivity contribution in [1.29, 1.82) is 0 Å². The Morgan fingerprint density at radius 3 is 2.52 bits per heavy atom. The van der Waals surface area contributed by atoms with Gasteiger partial charge in [0.2, 0.25) is 5.89 Å². The SMILES string of the molecule is CC1CN(Cn2nc(-c3ccccc3)oc2=O)CC(C)O1. The van der Waals surface area contributed by atoms with Crippen LogP contribution in [0.3, 0.4) is 0 Å². The molecule has 2 aromatic rings. The highest BCUT2D eigenvalue weighted by Gasteiger charge is 2.23. The molecule has 21 heavy (non-hydrogen) atoms. The van der Waals surface area contributed by atoms with E-state index >= 15 is 0 Å². The van der Waals surface area contributed by atoms with E-state index in [9.17, 15) is 4.79 Å². The van der Waals surface area contributed by atoms with Crippen LogP contribution in [0.1, 0.15) is 13.8 Å². The van der Waals surface area contributed by atoms with E-state index in [-0.39, 0.29) is 12.2 Å². The molecule has 1 aliphatic rings. The van der Waals surface area contributed by atoms with Crippen LogP contribution in [0.2, 0.25) is 0 Å². The van der Waals surface area contributed by atoms with E-state index in [0.29, 0.717) is 12.6 Å². The molecule has 0 aliphatic carbocycles. The first-order valence-corrected chi connectivity index (χ1v) is 7.13. The molecule has 1 fully saturated rings. The van der Waals surface area contributed by atoms with Gasteiger partial charge in [0.1, 0.15) is 6.67 Å². The molecule has 0 amide bonds. The van der Waals surface area contributed by atoms with Crippen molar-refractivity contribution in [2.45, 2.75) is 32.7 Å². The molecule has 1 aromatic carbocycles. The third-order valence-electron chi connectivity index (χ3n) is 3.46. The molecule has 0 N–H and O–H groups in total. The zero-order valence-electron chi connectivity index (χ0n) is 12.2. The molecular weight excluding hydrogens is 270 g/mol. The normalized spacial score (nSPS) is 23.3. The summed E-state index contributed by atoms with van der Waals surface area (Å²) in [6.45, 7) is 6.05. The fourth-order valence-corrected chi connectivity index (χ4v) is 2.68. The van der Waals surface area contributed by atoms with Gasteiger partial charge in [-0.05, 0) is 26.0 Å². The Kier molecular flexibility index (Phi) is 3.90. The number of benzene rings is 1. The van der Waals surface area contributed by atoms with Crippen LogP contribution in [-0.4, -0.2) is 40.0 Å². The Morgan fingerprint density at radius 1 is 1.19 bits per heavy atom. The summed E-state index contributed by atoms with van der Waals surface area (Å²) in [6, 6.07) is 9.43. The summed E-state index contributed by atoms with van der Waals surface area (Å²) in [5, 5.41) is 4.28. The molecule has 0 spiro atoms. The van der Waals surface area contributed by atoms with E-state index in [1.807, 2.05) is 44.2 Å². The quantitative estimate of drug-likeness (QED) is 0.858. The van der Waals surface area contributed by atoms with Gasteiger partial charge in [0.05, 0.1) is 12.2 Å². The van der Waals surface area contributed by atoms with Gasteiger partial charge in [-0.2, -0.15) is 4.68 Å². The van der Waals surface area contributed by atoms with Crippen LogP contribution >= 0.6 is 0 Å². The fraction of sp³-hybridized carbons (Fsp3) is 0.467. The van der Waals surface area contributed by atoms with Crippen LogP contribution in [-0.2, 0) is 11.4 Å². The van der Waals surface area contributed by atoms with Crippen LogP contribution in [0, 0.1) is 0 Å². The summed E-state index contributed by atoms with van der Waals surface area (Å²) in [5.41, 5.74) is 0.803. The first-order chi connectivity index (χ1) is 10.1. The summed E-state index contributed by atoms with van der Waals surface area (Å²) in [6.07, 6.45) is 0.315. The Labute approximate surface area is 122 Å². The third-order valence-corrected chi connectivity index (χ3v) is 3.46. The first-order valence-electron chi connectivity index (χ1n) is 7.13. The van der Waals surface area contributed by atoms with E-state index < -0.39 is 5.76 Å². The number of hydrogen-bond acceptors (Lipinski definition) is 5. The second kappa shape index (κ2) is 5.83. The van der Waals surface area contributed by atoms with Crippen molar-refractivity contribution in [3.63, 3.8) is 0 Å². The van der Waals surface area contributed by atoms with Gasteiger partial charge in [0.25, 0.3) is 0 Å². The van der Waals surface area contributed by atoms with Crippen molar-refractivity contribution in [3.8, 4) is 11.5 Å². The Balaban J connectivity index is 1.78. The maximum absolute atomic E-state index is 11.9. The average Bonchev–Trinajstić information content (AvgIpc) is 2.80. The Morgan fingerprint density at radius 2 is 1.86 bits per heavy atom. The molecular formula is C15H19N3O3. The second-order valence-electron chi connectivity index (χ2n) is 5.47. The van der Waals surface area contributed by atoms with Gasteiger partial charge in [-0.3, -0.25) is 4.90 Å². The predicted octanol–water partition coefficient (Wildman–Crippen LogP) is 1.57. The number of aromatic nitrogens is 2. The lowest BCUT2D eigenvalue weighted by Gasteiger charge is -2.34. The summed E-state index contributed by atoms with van der Waals surface area (Å²) in [5.74, 6) is -0.0735. The number of hydrogen-bond donors (Lipinski definition) is 0. The van der Waals surface area contributed by atoms with Crippen molar-refractivity contribution in [2.24, 2.45) is 0 Å². The highest BCUT2D eigenvalue weighted by Crippen LogP contribution is 2.15. The topological polar surface area (TPSA) is 60.5 Å². The van der Waals surface area contributed by atoms with E-state index in [4.69, 9.17) is 9.15 Å². The van der Waals surface area contributed by atoms with Gasteiger partial charge in [-0.15, -0.1) is 5.10 Å². The number of ether oxygens (including phenoxy) is 1. The number of rotatable bonds is 3. The molecule has 0 bridgehead atoms. The van der Waals surface area contributed by atoms with Crippen molar-refractivity contribution in [3.05, 3.63) is 40.9 Å². The Bertz CT molecular complexity index is 640. The van der Waals surface area contributed by atoms with Crippen LogP contribution < -0.4 is 5.76 Å². The minimum absolute atomic E-state index is 0.157. The number of morpholine rings is 1. The van der Waals surface area contributed by atoms with Gasteiger partial charge in [-0.1, -0.05) is 18.2 Å². The standard InChI is InChI=1S/C15H19N3O3/c1-11-8-17(9-12(2)20-11)10-18-15(19)21-14(16-18)13-6-4-3-5-7-13/h3-7,11-12H,8-10H2,1-2H3. The van der Waals surface area contributed by atoms with Crippen LogP contribution in [0.5, 0.6) is 0 Å². The van der Waals surface area contributed by atoms with Gasteiger partial charge < -0.3 is 9.15 Å². The molecule has 0 radical (unpaired) electrons. The average molecular weight is 289 g/mol. The maximum atomic E-state index is 11.9. The van der Waals surface area contributed by atoms with Gasteiger partial charge >= 0.3 is 5.76 Å². The predicted molar refractivity (Wildman–Crippen MR) is 77.8 cm³/mol. The fourth-order valence-electron chi connectivity index (χ4n) is 2.68. The van der Waals surface area contributed by atoms with E-state index in [2.05, 4.69) is 10.00 Å². The molecule has 1 aliphatic heterocycles. The van der Waals surface area contributed by atoms with E-state index in [1.54, 1.807) is 0 Å². The van der Waals surface area contributed by atoms with Crippen LogP contribution in [0.15, 0.2) is 39.5 Å². The summed E-state index contributed by atoms with van der Waals surface area (Å²) in [7, 11) is 0. The molecule has 6 nitrogen and oxygen atoms in total. The number of nitrogens with zero attached hydrogens (tertiary/aromatic N) is 3. The first kappa shape index (κ1) is 14.0. The van der Waals surface area contributed by atoms with Crippen molar-refractivity contribution < 1.29 is 9.15 Å². The highest BCUT2D eigenvalue weighted by molar-refractivity contribution is 5.51. The lowest BCUT2D eigenvalue weighted by molar-refractivity contribution is -0.0780. The molecule has 0 saturated carbocycles. The van der Waals surface area contributed by atoms with E-state index in [1.165, 1.54) is 4.68 Å². The molecule has 3 rings (SSSR count). The maximum Gasteiger partial charge on any atom is 0.438 e. The highest BCUT2D eigenvalue weighted by atomic mass is 16.5. The van der Waals surface area contributed by atoms with E-state index in [0.717, 1.165) is 18.7 Å². The lowest BCUT2D eigenvalue weighted by Crippen LogP contribution is -2.47. The third kappa shape index (κ3) is 3.22. The molecule has 1 aromatic heterocycles. The molecule has 1 saturated heterocycles. The summed E-state index contributed by atoms with van der Waals surface area (Å²) < 4.78 is 12.3. The zero-order valence-corrected chi connectivity index (χ0v) is 12.2. The molecule has 6 heteroatoms. The molecule has 2 heterocycles. The van der Waals surface area contributed by atoms with Gasteiger partial charge in [-0.25, -0.2) is 4.79 Å². The van der Waals surface area contributed by atoms with Crippen LogP contribution in [0.4, 0.5) is 0 Å². The van der Waals surface area contributed by atoms with Crippen molar-refractivity contribution in [2.75, 3.05) is 13.1 Å². The minimum atomic E-state index is -0.430. The van der Waals surface area contributed by atoms with Crippen LogP contribution in [0.25, 0.3) is 11.5 Å². The summed E-state index contributed by atoms with van der Waals surface area (Å²) >= 11 is 0. The lowest BCUT2D eigenvalue weighted by atomic mass is 10.2. The monoisotopic (exact) mass is 289 g/mol.